The van der Waals surface area contributed by atoms with Crippen LogP contribution in [0, 0.1) is 11.8 Å². The SMILES string of the molecule is CC(C)CC[C@H](NC(=O)[C@H](Cc1ccccc1)NC(=O)[C@H](CC(C)C)NC(=O)[C@H](CCc1ccccc1)NC(=O)Cc1cc(COC(=O)CN2CCNCC2)on1)C(=O)C1(C)CO1. The van der Waals surface area contributed by atoms with E-state index in [-0.39, 0.29) is 74.5 Å². The summed E-state index contributed by atoms with van der Waals surface area (Å²) >= 11 is 0. The molecule has 0 spiro atoms. The monoisotopic (exact) mass is 871 g/mol. The maximum atomic E-state index is 14.3. The first-order valence-corrected chi connectivity index (χ1v) is 22.2. The molecule has 16 heteroatoms. The summed E-state index contributed by atoms with van der Waals surface area (Å²) in [7, 11) is 0. The molecule has 16 nitrogen and oxygen atoms in total. The van der Waals surface area contributed by atoms with Gasteiger partial charge >= 0.3 is 5.97 Å². The number of piperazine rings is 1. The molecule has 0 bridgehead atoms. The van der Waals surface area contributed by atoms with E-state index in [2.05, 4.69) is 31.7 Å². The number of hydrogen-bond donors (Lipinski definition) is 5. The van der Waals surface area contributed by atoms with Gasteiger partial charge in [-0.15, -0.1) is 0 Å². The Morgan fingerprint density at radius 3 is 2.00 bits per heavy atom. The molecule has 1 unspecified atom stereocenters. The molecule has 2 fully saturated rings. The number of aromatic nitrogens is 1. The molecule has 2 aromatic carbocycles. The van der Waals surface area contributed by atoms with Crippen molar-refractivity contribution < 1.29 is 42.8 Å². The number of benzene rings is 2. The van der Waals surface area contributed by atoms with Crippen molar-refractivity contribution in [3.63, 3.8) is 0 Å². The Hall–Kier alpha value is -5.45. The largest absolute Gasteiger partial charge is 0.456 e. The van der Waals surface area contributed by atoms with E-state index in [1.54, 1.807) is 6.92 Å². The highest BCUT2D eigenvalue weighted by Gasteiger charge is 2.50. The maximum absolute atomic E-state index is 14.3. The molecule has 0 radical (unpaired) electrons. The van der Waals surface area contributed by atoms with Gasteiger partial charge in [0.15, 0.2) is 18.2 Å². The first-order valence-electron chi connectivity index (χ1n) is 22.2. The number of carbonyl (C=O) groups is 6. The van der Waals surface area contributed by atoms with Crippen molar-refractivity contribution in [3.8, 4) is 0 Å². The molecule has 5 N–H and O–H groups in total. The van der Waals surface area contributed by atoms with E-state index in [1.165, 1.54) is 6.07 Å². The van der Waals surface area contributed by atoms with Gasteiger partial charge in [-0.25, -0.2) is 0 Å². The molecule has 2 saturated heterocycles. The zero-order chi connectivity index (χ0) is 45.4. The molecule has 0 aliphatic carbocycles. The number of Topliss-reactive ketones (excluding diaryl/α,β-unsaturated/α-hetero) is 1. The fourth-order valence-electron chi connectivity index (χ4n) is 7.36. The van der Waals surface area contributed by atoms with E-state index in [0.29, 0.717) is 19.3 Å². The number of hydrogen-bond acceptors (Lipinski definition) is 12. The minimum Gasteiger partial charge on any atom is -0.456 e. The highest BCUT2D eigenvalue weighted by Crippen LogP contribution is 2.29. The van der Waals surface area contributed by atoms with Gasteiger partial charge in [0.05, 0.1) is 31.3 Å². The van der Waals surface area contributed by atoms with Crippen LogP contribution in [0.25, 0.3) is 0 Å². The van der Waals surface area contributed by atoms with Gasteiger partial charge in [0.25, 0.3) is 0 Å². The number of esters is 1. The Morgan fingerprint density at radius 2 is 1.37 bits per heavy atom. The molecular weight excluding hydrogens is 807 g/mol. The molecule has 2 aliphatic heterocycles. The number of nitrogens with one attached hydrogen (secondary N) is 5. The normalized spacial score (nSPS) is 18.1. The molecule has 63 heavy (non-hydrogen) atoms. The van der Waals surface area contributed by atoms with E-state index in [9.17, 15) is 28.8 Å². The van der Waals surface area contributed by atoms with Crippen LogP contribution >= 0.6 is 0 Å². The molecule has 4 amide bonds. The van der Waals surface area contributed by atoms with Gasteiger partial charge in [0, 0.05) is 38.7 Å². The summed E-state index contributed by atoms with van der Waals surface area (Å²) in [4.78, 5) is 83.9. The average Bonchev–Trinajstić information content (AvgIpc) is 3.86. The molecule has 1 aromatic heterocycles. The summed E-state index contributed by atoms with van der Waals surface area (Å²) in [6, 6.07) is 16.3. The van der Waals surface area contributed by atoms with Crippen LogP contribution in [0.2, 0.25) is 0 Å². The van der Waals surface area contributed by atoms with E-state index < -0.39 is 59.4 Å². The number of epoxide rings is 1. The number of aryl methyl sites for hydroxylation is 1. The van der Waals surface area contributed by atoms with Gasteiger partial charge in [0.2, 0.25) is 23.6 Å². The Bertz CT molecular complexity index is 1960. The molecule has 2 aliphatic rings. The number of ketones is 1. The van der Waals surface area contributed by atoms with Crippen molar-refractivity contribution in [1.29, 1.82) is 0 Å². The number of carbonyl (C=O) groups excluding carboxylic acids is 6. The smallest absolute Gasteiger partial charge is 0.320 e. The quantitative estimate of drug-likeness (QED) is 0.0615. The van der Waals surface area contributed by atoms with Gasteiger partial charge in [-0.05, 0) is 62.0 Å². The van der Waals surface area contributed by atoms with E-state index in [4.69, 9.17) is 14.0 Å². The van der Waals surface area contributed by atoms with Crippen LogP contribution in [-0.2, 0) is 64.1 Å². The van der Waals surface area contributed by atoms with Gasteiger partial charge in [0.1, 0.15) is 23.7 Å². The van der Waals surface area contributed by atoms with Crippen LogP contribution in [-0.4, -0.2) is 115 Å². The summed E-state index contributed by atoms with van der Waals surface area (Å²) in [5.74, 6) is -2.25. The Kier molecular flexibility index (Phi) is 18.4. The van der Waals surface area contributed by atoms with E-state index in [0.717, 1.165) is 37.3 Å². The third-order valence-corrected chi connectivity index (χ3v) is 11.1. The number of nitrogens with zero attached hydrogens (tertiary/aromatic N) is 2. The molecule has 3 aromatic rings. The first-order chi connectivity index (χ1) is 30.2. The summed E-state index contributed by atoms with van der Waals surface area (Å²) in [6.45, 7) is 13.1. The highest BCUT2D eigenvalue weighted by molar-refractivity contribution is 5.98. The Balaban J connectivity index is 1.26. The second-order valence-corrected chi connectivity index (χ2v) is 17.7. The standard InChI is InChI=1S/C47H65N7O9/c1-31(2)16-18-37(43(57)47(5)30-62-47)50-46(60)40(25-34-14-10-7-11-15-34)52-45(59)39(24-32(3)4)51-44(58)38(19-17-33-12-8-6-9-13-33)49-41(55)27-35-26-36(63-53-35)29-61-42(56)28-54-22-20-48-21-23-54/h6-15,26,31-32,37-40,48H,16-25,27-30H2,1-5H3,(H,49,55)(H,50,60)(H,51,58)(H,52,59)/t37-,38-,39-,40-,47?/m0/s1. The second-order valence-electron chi connectivity index (χ2n) is 17.7. The summed E-state index contributed by atoms with van der Waals surface area (Å²) in [5.41, 5.74) is 1.08. The minimum atomic E-state index is -1.08. The average molecular weight is 872 g/mol. The predicted octanol–water partition coefficient (Wildman–Crippen LogP) is 2.82. The molecule has 3 heterocycles. The van der Waals surface area contributed by atoms with E-state index in [1.807, 2.05) is 93.3 Å². The molecule has 342 valence electrons. The van der Waals surface area contributed by atoms with Gasteiger partial charge in [-0.2, -0.15) is 0 Å². The highest BCUT2D eigenvalue weighted by atomic mass is 16.6. The number of amides is 4. The van der Waals surface area contributed by atoms with Crippen LogP contribution < -0.4 is 26.6 Å². The lowest BCUT2D eigenvalue weighted by molar-refractivity contribution is -0.147. The molecule has 5 atom stereocenters. The van der Waals surface area contributed by atoms with Crippen LogP contribution in [0.1, 0.15) is 82.9 Å². The van der Waals surface area contributed by atoms with Crippen molar-refractivity contribution in [3.05, 3.63) is 89.3 Å². The van der Waals surface area contributed by atoms with Crippen LogP contribution in [0.5, 0.6) is 0 Å². The third-order valence-electron chi connectivity index (χ3n) is 11.1. The number of rotatable bonds is 25. The van der Waals surface area contributed by atoms with Crippen LogP contribution in [0.15, 0.2) is 71.3 Å². The minimum absolute atomic E-state index is 0.0418. The van der Waals surface area contributed by atoms with Gasteiger partial charge in [-0.3, -0.25) is 33.7 Å². The molecule has 0 saturated carbocycles. The van der Waals surface area contributed by atoms with Crippen molar-refractivity contribution in [2.45, 2.75) is 116 Å². The zero-order valence-electron chi connectivity index (χ0n) is 37.3. The molecular formula is C47H65N7O9. The van der Waals surface area contributed by atoms with E-state index >= 15 is 0 Å². The lowest BCUT2D eigenvalue weighted by Crippen LogP contribution is -2.59. The van der Waals surface area contributed by atoms with Gasteiger partial charge in [-0.1, -0.05) is 93.5 Å². The number of ether oxygens (including phenoxy) is 2. The van der Waals surface area contributed by atoms with Crippen LogP contribution in [0.4, 0.5) is 0 Å². The lowest BCUT2D eigenvalue weighted by atomic mass is 9.93. The third kappa shape index (κ3) is 16.3. The van der Waals surface area contributed by atoms with Gasteiger partial charge < -0.3 is 40.6 Å². The molecule has 5 rings (SSSR count). The van der Waals surface area contributed by atoms with Crippen LogP contribution in [0.3, 0.4) is 0 Å². The summed E-state index contributed by atoms with van der Waals surface area (Å²) in [6.07, 6.45) is 1.94. The zero-order valence-corrected chi connectivity index (χ0v) is 37.3. The summed E-state index contributed by atoms with van der Waals surface area (Å²) in [5, 5.41) is 18.8. The van der Waals surface area contributed by atoms with Crippen molar-refractivity contribution >= 4 is 35.4 Å². The lowest BCUT2D eigenvalue weighted by Gasteiger charge is -2.28. The first kappa shape index (κ1) is 48.6. The second kappa shape index (κ2) is 23.8. The fraction of sp³-hybridized carbons (Fsp3) is 0.553. The predicted molar refractivity (Wildman–Crippen MR) is 235 cm³/mol. The fourth-order valence-corrected chi connectivity index (χ4v) is 7.36. The topological polar surface area (TPSA) is 214 Å². The summed E-state index contributed by atoms with van der Waals surface area (Å²) < 4.78 is 16.1. The van der Waals surface area contributed by atoms with Crippen molar-refractivity contribution in [1.82, 2.24) is 36.6 Å². The Labute approximate surface area is 370 Å². The van der Waals surface area contributed by atoms with Crippen molar-refractivity contribution in [2.75, 3.05) is 39.3 Å². The Morgan fingerprint density at radius 1 is 0.762 bits per heavy atom. The maximum Gasteiger partial charge on any atom is 0.320 e. The van der Waals surface area contributed by atoms with Crippen molar-refractivity contribution in [2.24, 2.45) is 11.8 Å².